The van der Waals surface area contributed by atoms with Crippen molar-refractivity contribution in [2.24, 2.45) is 5.92 Å². The standard InChI is InChI=1S/C21H25NO6S/c1-15-4-10-20(11-5-15)29(25,26)28-19-8-6-17(7-9-19)12-18(13-21(24)27-3)14-22-16(2)23/h4-11,18H,12-14H2,1-3H3,(H,22,23). The number of amides is 1. The number of hydrogen-bond acceptors (Lipinski definition) is 6. The largest absolute Gasteiger partial charge is 0.469 e. The van der Waals surface area contributed by atoms with Crippen molar-refractivity contribution < 1.29 is 26.9 Å². The Morgan fingerprint density at radius 2 is 1.66 bits per heavy atom. The zero-order chi connectivity index (χ0) is 21.4. The number of carbonyl (C=O) groups excluding carboxylic acids is 2. The number of ether oxygens (including phenoxy) is 1. The number of hydrogen-bond donors (Lipinski definition) is 1. The maximum absolute atomic E-state index is 12.4. The van der Waals surface area contributed by atoms with Gasteiger partial charge < -0.3 is 14.2 Å². The van der Waals surface area contributed by atoms with Gasteiger partial charge in [-0.3, -0.25) is 9.59 Å². The minimum absolute atomic E-state index is 0.0839. The van der Waals surface area contributed by atoms with Gasteiger partial charge in [0.15, 0.2) is 0 Å². The lowest BCUT2D eigenvalue weighted by molar-refractivity contribution is -0.141. The third kappa shape index (κ3) is 7.23. The van der Waals surface area contributed by atoms with Gasteiger partial charge in [0.05, 0.1) is 13.5 Å². The highest BCUT2D eigenvalue weighted by atomic mass is 32.2. The van der Waals surface area contributed by atoms with Gasteiger partial charge in [-0.05, 0) is 49.1 Å². The Morgan fingerprint density at radius 1 is 1.03 bits per heavy atom. The lowest BCUT2D eigenvalue weighted by Crippen LogP contribution is -2.29. The first-order valence-electron chi connectivity index (χ1n) is 9.11. The molecule has 0 bridgehead atoms. The number of esters is 1. The number of benzene rings is 2. The third-order valence-electron chi connectivity index (χ3n) is 4.29. The van der Waals surface area contributed by atoms with Crippen LogP contribution in [0.25, 0.3) is 0 Å². The maximum Gasteiger partial charge on any atom is 0.339 e. The monoisotopic (exact) mass is 419 g/mol. The zero-order valence-electron chi connectivity index (χ0n) is 16.7. The fourth-order valence-corrected chi connectivity index (χ4v) is 3.65. The van der Waals surface area contributed by atoms with Crippen molar-refractivity contribution in [1.29, 1.82) is 0 Å². The molecule has 0 aromatic heterocycles. The predicted octanol–water partition coefficient (Wildman–Crippen LogP) is 2.62. The molecule has 1 atom stereocenters. The van der Waals surface area contributed by atoms with E-state index in [0.29, 0.717) is 13.0 Å². The van der Waals surface area contributed by atoms with Crippen molar-refractivity contribution in [3.8, 4) is 5.75 Å². The van der Waals surface area contributed by atoms with E-state index < -0.39 is 10.1 Å². The van der Waals surface area contributed by atoms with Crippen molar-refractivity contribution in [1.82, 2.24) is 5.32 Å². The van der Waals surface area contributed by atoms with Gasteiger partial charge in [-0.25, -0.2) is 0 Å². The van der Waals surface area contributed by atoms with E-state index in [9.17, 15) is 18.0 Å². The minimum atomic E-state index is -3.91. The average Bonchev–Trinajstić information content (AvgIpc) is 2.67. The van der Waals surface area contributed by atoms with Gasteiger partial charge in [0, 0.05) is 13.5 Å². The first kappa shape index (κ1) is 22.4. The molecule has 0 spiro atoms. The smallest absolute Gasteiger partial charge is 0.339 e. The number of carbonyl (C=O) groups is 2. The van der Waals surface area contributed by atoms with Crippen LogP contribution in [0.5, 0.6) is 5.75 Å². The van der Waals surface area contributed by atoms with Crippen LogP contribution < -0.4 is 9.50 Å². The van der Waals surface area contributed by atoms with Crippen LogP contribution in [0.15, 0.2) is 53.4 Å². The molecule has 0 fully saturated rings. The molecule has 0 saturated carbocycles. The van der Waals surface area contributed by atoms with E-state index in [1.165, 1.54) is 26.2 Å². The van der Waals surface area contributed by atoms with E-state index in [0.717, 1.165) is 11.1 Å². The average molecular weight is 419 g/mol. The SMILES string of the molecule is COC(=O)CC(CNC(C)=O)Cc1ccc(OS(=O)(=O)c2ccc(C)cc2)cc1. The van der Waals surface area contributed by atoms with Gasteiger partial charge in [-0.2, -0.15) is 8.42 Å². The van der Waals surface area contributed by atoms with E-state index in [-0.39, 0.29) is 34.9 Å². The van der Waals surface area contributed by atoms with Crippen LogP contribution in [-0.4, -0.2) is 33.9 Å². The molecule has 2 aromatic rings. The minimum Gasteiger partial charge on any atom is -0.469 e. The van der Waals surface area contributed by atoms with Crippen LogP contribution in [0.1, 0.15) is 24.5 Å². The molecule has 156 valence electrons. The molecule has 0 heterocycles. The highest BCUT2D eigenvalue weighted by Crippen LogP contribution is 2.21. The Kier molecular flexibility index (Phi) is 7.78. The molecule has 0 aliphatic heterocycles. The highest BCUT2D eigenvalue weighted by Gasteiger charge is 2.18. The predicted molar refractivity (Wildman–Crippen MR) is 108 cm³/mol. The lowest BCUT2D eigenvalue weighted by atomic mass is 9.96. The van der Waals surface area contributed by atoms with E-state index in [1.807, 2.05) is 6.92 Å². The molecule has 7 nitrogen and oxygen atoms in total. The van der Waals surface area contributed by atoms with Crippen LogP contribution in [0.2, 0.25) is 0 Å². The summed E-state index contributed by atoms with van der Waals surface area (Å²) in [4.78, 5) is 22.9. The molecular formula is C21H25NO6S. The summed E-state index contributed by atoms with van der Waals surface area (Å²) < 4.78 is 34.6. The Morgan fingerprint density at radius 3 is 2.21 bits per heavy atom. The molecular weight excluding hydrogens is 394 g/mol. The molecule has 0 aliphatic carbocycles. The first-order chi connectivity index (χ1) is 13.7. The Labute approximate surface area is 171 Å². The summed E-state index contributed by atoms with van der Waals surface area (Å²) in [6.45, 7) is 3.62. The third-order valence-corrected chi connectivity index (χ3v) is 5.55. The lowest BCUT2D eigenvalue weighted by Gasteiger charge is -2.16. The van der Waals surface area contributed by atoms with E-state index in [4.69, 9.17) is 8.92 Å². The highest BCUT2D eigenvalue weighted by molar-refractivity contribution is 7.87. The van der Waals surface area contributed by atoms with Crippen LogP contribution in [-0.2, 0) is 30.9 Å². The molecule has 2 rings (SSSR count). The van der Waals surface area contributed by atoms with Crippen molar-refractivity contribution in [2.75, 3.05) is 13.7 Å². The number of nitrogens with one attached hydrogen (secondary N) is 1. The summed E-state index contributed by atoms with van der Waals surface area (Å²) in [6, 6.07) is 13.0. The van der Waals surface area contributed by atoms with Gasteiger partial charge in [0.25, 0.3) is 0 Å². The van der Waals surface area contributed by atoms with Crippen molar-refractivity contribution >= 4 is 22.0 Å². The van der Waals surface area contributed by atoms with Gasteiger partial charge in [-0.1, -0.05) is 29.8 Å². The molecule has 2 aromatic carbocycles. The summed E-state index contributed by atoms with van der Waals surface area (Å²) in [7, 11) is -2.59. The fourth-order valence-electron chi connectivity index (χ4n) is 2.72. The Bertz CT molecular complexity index is 936. The summed E-state index contributed by atoms with van der Waals surface area (Å²) in [5.41, 5.74) is 1.83. The molecule has 29 heavy (non-hydrogen) atoms. The van der Waals surface area contributed by atoms with Crippen LogP contribution in [0.4, 0.5) is 0 Å². The van der Waals surface area contributed by atoms with Crippen molar-refractivity contribution in [3.05, 3.63) is 59.7 Å². The molecule has 0 aliphatic rings. The van der Waals surface area contributed by atoms with Gasteiger partial charge in [0.2, 0.25) is 5.91 Å². The fraction of sp³-hybridized carbons (Fsp3) is 0.333. The number of aryl methyl sites for hydroxylation is 1. The molecule has 8 heteroatoms. The molecule has 0 saturated heterocycles. The Balaban J connectivity index is 2.06. The second-order valence-corrected chi connectivity index (χ2v) is 8.33. The Hall–Kier alpha value is -2.87. The quantitative estimate of drug-likeness (QED) is 0.496. The van der Waals surface area contributed by atoms with Gasteiger partial charge in [-0.15, -0.1) is 0 Å². The van der Waals surface area contributed by atoms with Gasteiger partial charge in [0.1, 0.15) is 10.6 Å². The normalized spacial score (nSPS) is 12.1. The second kappa shape index (κ2) is 10.1. The van der Waals surface area contributed by atoms with Gasteiger partial charge >= 0.3 is 16.1 Å². The van der Waals surface area contributed by atoms with Crippen molar-refractivity contribution in [3.63, 3.8) is 0 Å². The van der Waals surface area contributed by atoms with E-state index in [2.05, 4.69) is 5.32 Å². The summed E-state index contributed by atoms with van der Waals surface area (Å²) in [5, 5.41) is 2.71. The summed E-state index contributed by atoms with van der Waals surface area (Å²) in [6.07, 6.45) is 0.678. The topological polar surface area (TPSA) is 98.8 Å². The molecule has 0 radical (unpaired) electrons. The first-order valence-corrected chi connectivity index (χ1v) is 10.5. The summed E-state index contributed by atoms with van der Waals surface area (Å²) in [5.74, 6) is -0.482. The van der Waals surface area contributed by atoms with Crippen LogP contribution >= 0.6 is 0 Å². The van der Waals surface area contributed by atoms with Crippen molar-refractivity contribution in [2.45, 2.75) is 31.6 Å². The molecule has 1 amide bonds. The number of rotatable bonds is 9. The van der Waals surface area contributed by atoms with E-state index >= 15 is 0 Å². The van der Waals surface area contributed by atoms with Crippen LogP contribution in [0, 0.1) is 12.8 Å². The second-order valence-electron chi connectivity index (χ2n) is 6.78. The summed E-state index contributed by atoms with van der Waals surface area (Å²) >= 11 is 0. The zero-order valence-corrected chi connectivity index (χ0v) is 17.5. The maximum atomic E-state index is 12.4. The van der Waals surface area contributed by atoms with E-state index in [1.54, 1.807) is 36.4 Å². The number of methoxy groups -OCH3 is 1. The molecule has 1 unspecified atom stereocenters. The van der Waals surface area contributed by atoms with Crippen LogP contribution in [0.3, 0.4) is 0 Å². The molecule has 1 N–H and O–H groups in total.